The van der Waals surface area contributed by atoms with Crippen LogP contribution in [0, 0.1) is 0 Å². The van der Waals surface area contributed by atoms with Gasteiger partial charge in [0.2, 0.25) is 0 Å². The molecule has 0 saturated heterocycles. The predicted molar refractivity (Wildman–Crippen MR) is 190 cm³/mol. The maximum Gasteiger partial charge on any atom is 0.0713 e. The standard InChI is InChI=1S/C45H30/c1-2-13-35(14-3-1)45(43-20-10-8-18-40(43)41-19-9-11-21-44(41)45)36-28-26-32(27-29-36)31-22-24-33(25-23-31)42-30-34-12-4-5-15-37(34)38-16-6-7-17-39(38)42/h1-30H. The van der Waals surface area contributed by atoms with E-state index in [-0.39, 0.29) is 5.41 Å². The van der Waals surface area contributed by atoms with E-state index in [9.17, 15) is 0 Å². The number of hydrogen-bond acceptors (Lipinski definition) is 0. The zero-order valence-corrected chi connectivity index (χ0v) is 24.8. The van der Waals surface area contributed by atoms with Crippen LogP contribution in [0.25, 0.3) is 54.9 Å². The van der Waals surface area contributed by atoms with Crippen LogP contribution in [0.5, 0.6) is 0 Å². The molecule has 0 atom stereocenters. The molecule has 9 rings (SSSR count). The van der Waals surface area contributed by atoms with Gasteiger partial charge in [0.25, 0.3) is 0 Å². The second kappa shape index (κ2) is 10.2. The maximum atomic E-state index is 2.34. The molecule has 8 aromatic rings. The second-order valence-corrected chi connectivity index (χ2v) is 12.1. The van der Waals surface area contributed by atoms with Gasteiger partial charge in [-0.3, -0.25) is 0 Å². The Kier molecular flexibility index (Phi) is 5.83. The quantitative estimate of drug-likeness (QED) is 0.185. The third-order valence-corrected chi connectivity index (χ3v) is 9.77. The molecule has 0 unspecified atom stereocenters. The van der Waals surface area contributed by atoms with E-state index in [1.54, 1.807) is 0 Å². The van der Waals surface area contributed by atoms with Crippen molar-refractivity contribution in [3.8, 4) is 33.4 Å². The van der Waals surface area contributed by atoms with Gasteiger partial charge < -0.3 is 0 Å². The summed E-state index contributed by atoms with van der Waals surface area (Å²) in [5.74, 6) is 0. The van der Waals surface area contributed by atoms with Crippen LogP contribution in [0.4, 0.5) is 0 Å². The molecule has 1 aliphatic carbocycles. The molecule has 0 bridgehead atoms. The SMILES string of the molecule is c1ccc(C2(c3ccc(-c4ccc(-c5cc6ccccc6c6ccccc56)cc4)cc3)c3ccccc3-c3ccccc32)cc1. The van der Waals surface area contributed by atoms with Crippen LogP contribution in [-0.4, -0.2) is 0 Å². The van der Waals surface area contributed by atoms with Crippen molar-refractivity contribution in [1.29, 1.82) is 0 Å². The number of benzene rings is 8. The van der Waals surface area contributed by atoms with Gasteiger partial charge in [-0.15, -0.1) is 0 Å². The van der Waals surface area contributed by atoms with Crippen molar-refractivity contribution in [2.45, 2.75) is 5.41 Å². The van der Waals surface area contributed by atoms with Crippen LogP contribution in [0.3, 0.4) is 0 Å². The second-order valence-electron chi connectivity index (χ2n) is 12.1. The summed E-state index contributed by atoms with van der Waals surface area (Å²) >= 11 is 0. The van der Waals surface area contributed by atoms with Crippen molar-refractivity contribution < 1.29 is 0 Å². The minimum atomic E-state index is -0.367. The van der Waals surface area contributed by atoms with Crippen molar-refractivity contribution in [1.82, 2.24) is 0 Å². The first-order valence-electron chi connectivity index (χ1n) is 15.7. The first-order valence-corrected chi connectivity index (χ1v) is 15.7. The fourth-order valence-corrected chi connectivity index (χ4v) is 7.76. The summed E-state index contributed by atoms with van der Waals surface area (Å²) in [6, 6.07) is 66.9. The van der Waals surface area contributed by atoms with Crippen LogP contribution in [0.2, 0.25) is 0 Å². The molecule has 210 valence electrons. The van der Waals surface area contributed by atoms with E-state index in [2.05, 4.69) is 182 Å². The van der Waals surface area contributed by atoms with Crippen molar-refractivity contribution >= 4 is 21.5 Å². The third kappa shape index (κ3) is 3.86. The highest BCUT2D eigenvalue weighted by Gasteiger charge is 2.45. The minimum absolute atomic E-state index is 0.367. The predicted octanol–water partition coefficient (Wildman–Crippen LogP) is 11.7. The van der Waals surface area contributed by atoms with E-state index < -0.39 is 0 Å². The van der Waals surface area contributed by atoms with Crippen LogP contribution in [0.15, 0.2) is 182 Å². The number of fused-ring (bicyclic) bond motifs is 6. The Morgan fingerprint density at radius 3 is 1.42 bits per heavy atom. The van der Waals surface area contributed by atoms with Gasteiger partial charge in [0.15, 0.2) is 0 Å². The van der Waals surface area contributed by atoms with Crippen LogP contribution >= 0.6 is 0 Å². The zero-order valence-electron chi connectivity index (χ0n) is 24.8. The summed E-state index contributed by atoms with van der Waals surface area (Å²) in [7, 11) is 0. The monoisotopic (exact) mass is 570 g/mol. The van der Waals surface area contributed by atoms with E-state index in [1.807, 2.05) is 0 Å². The highest BCUT2D eigenvalue weighted by molar-refractivity contribution is 6.13. The van der Waals surface area contributed by atoms with Crippen molar-refractivity contribution in [3.63, 3.8) is 0 Å². The first-order chi connectivity index (χ1) is 22.3. The van der Waals surface area contributed by atoms with Crippen molar-refractivity contribution in [3.05, 3.63) is 204 Å². The Hall–Kier alpha value is -5.72. The molecule has 0 amide bonds. The van der Waals surface area contributed by atoms with E-state index in [1.165, 1.54) is 77.2 Å². The van der Waals surface area contributed by atoms with Gasteiger partial charge in [0.05, 0.1) is 5.41 Å². The fraction of sp³-hybridized carbons (Fsp3) is 0.0222. The summed E-state index contributed by atoms with van der Waals surface area (Å²) in [5.41, 5.74) is 12.5. The highest BCUT2D eigenvalue weighted by Crippen LogP contribution is 2.56. The average Bonchev–Trinajstić information content (AvgIpc) is 3.43. The lowest BCUT2D eigenvalue weighted by Gasteiger charge is -2.34. The molecule has 0 saturated carbocycles. The molecule has 0 N–H and O–H groups in total. The molecule has 0 aliphatic heterocycles. The molecule has 0 radical (unpaired) electrons. The zero-order chi connectivity index (χ0) is 29.8. The maximum absolute atomic E-state index is 2.34. The van der Waals surface area contributed by atoms with Gasteiger partial charge >= 0.3 is 0 Å². The van der Waals surface area contributed by atoms with Gasteiger partial charge in [-0.1, -0.05) is 176 Å². The first kappa shape index (κ1) is 25.7. The molecular formula is C45H30. The summed E-state index contributed by atoms with van der Waals surface area (Å²) in [6.07, 6.45) is 0. The molecule has 0 aromatic heterocycles. The van der Waals surface area contributed by atoms with Crippen LogP contribution < -0.4 is 0 Å². The van der Waals surface area contributed by atoms with Crippen LogP contribution in [-0.2, 0) is 5.41 Å². The largest absolute Gasteiger partial charge is 0.0713 e. The minimum Gasteiger partial charge on any atom is -0.0622 e. The van der Waals surface area contributed by atoms with E-state index in [4.69, 9.17) is 0 Å². The summed E-state index contributed by atoms with van der Waals surface area (Å²) in [6.45, 7) is 0. The molecular weight excluding hydrogens is 540 g/mol. The topological polar surface area (TPSA) is 0 Å². The lowest BCUT2D eigenvalue weighted by atomic mass is 9.67. The number of hydrogen-bond donors (Lipinski definition) is 0. The molecule has 45 heavy (non-hydrogen) atoms. The lowest BCUT2D eigenvalue weighted by Crippen LogP contribution is -2.28. The highest BCUT2D eigenvalue weighted by atomic mass is 14.5. The molecule has 0 nitrogen and oxygen atoms in total. The third-order valence-electron chi connectivity index (χ3n) is 9.77. The summed E-state index contributed by atoms with van der Waals surface area (Å²) < 4.78 is 0. The smallest absolute Gasteiger partial charge is 0.0622 e. The Morgan fingerprint density at radius 2 is 0.756 bits per heavy atom. The lowest BCUT2D eigenvalue weighted by molar-refractivity contribution is 0.768. The Balaban J connectivity index is 1.14. The summed E-state index contributed by atoms with van der Waals surface area (Å²) in [5, 5.41) is 5.16. The summed E-state index contributed by atoms with van der Waals surface area (Å²) in [4.78, 5) is 0. The van der Waals surface area contributed by atoms with E-state index in [0.717, 1.165) is 0 Å². The van der Waals surface area contributed by atoms with Gasteiger partial charge in [-0.25, -0.2) is 0 Å². The fourth-order valence-electron chi connectivity index (χ4n) is 7.76. The normalized spacial score (nSPS) is 13.1. The van der Waals surface area contributed by atoms with Crippen molar-refractivity contribution in [2.75, 3.05) is 0 Å². The molecule has 8 aromatic carbocycles. The number of rotatable bonds is 4. The molecule has 0 heteroatoms. The van der Waals surface area contributed by atoms with Gasteiger partial charge in [0, 0.05) is 0 Å². The molecule has 0 spiro atoms. The molecule has 0 fully saturated rings. The van der Waals surface area contributed by atoms with Crippen molar-refractivity contribution in [2.24, 2.45) is 0 Å². The van der Waals surface area contributed by atoms with Gasteiger partial charge in [0.1, 0.15) is 0 Å². The van der Waals surface area contributed by atoms with E-state index >= 15 is 0 Å². The van der Waals surface area contributed by atoms with E-state index in [0.29, 0.717) is 0 Å². The molecule has 1 aliphatic rings. The van der Waals surface area contributed by atoms with Gasteiger partial charge in [-0.2, -0.15) is 0 Å². The Labute approximate surface area is 263 Å². The Morgan fingerprint density at radius 1 is 0.289 bits per heavy atom. The van der Waals surface area contributed by atoms with Gasteiger partial charge in [-0.05, 0) is 83.2 Å². The average molecular weight is 571 g/mol. The Bertz CT molecular complexity index is 2300. The van der Waals surface area contributed by atoms with Crippen LogP contribution in [0.1, 0.15) is 22.3 Å². The molecule has 0 heterocycles.